The summed E-state index contributed by atoms with van der Waals surface area (Å²) in [5.74, 6) is 0.355. The number of phenols is 1. The molecule has 1 aromatic rings. The van der Waals surface area contributed by atoms with Crippen LogP contribution < -0.4 is 5.32 Å². The molecule has 0 aromatic heterocycles. The number of hydrogen-bond donors (Lipinski definition) is 2. The first kappa shape index (κ1) is 14.0. The predicted octanol–water partition coefficient (Wildman–Crippen LogP) is 2.78. The quantitative estimate of drug-likeness (QED) is 0.799. The Bertz CT molecular complexity index is 352. The summed E-state index contributed by atoms with van der Waals surface area (Å²) in [6.45, 7) is 9.51. The van der Waals surface area contributed by atoms with Crippen molar-refractivity contribution >= 4 is 0 Å². The average molecular weight is 237 g/mol. The first-order valence-corrected chi connectivity index (χ1v) is 6.18. The Labute approximate surface area is 104 Å². The maximum Gasteiger partial charge on any atom is 0.120 e. The summed E-state index contributed by atoms with van der Waals surface area (Å²) in [7, 11) is 0. The van der Waals surface area contributed by atoms with Crippen molar-refractivity contribution in [1.29, 1.82) is 0 Å². The summed E-state index contributed by atoms with van der Waals surface area (Å²) in [6.07, 6.45) is 0. The van der Waals surface area contributed by atoms with Crippen molar-refractivity contribution in [3.8, 4) is 5.75 Å². The van der Waals surface area contributed by atoms with Gasteiger partial charge in [-0.3, -0.25) is 0 Å². The first-order chi connectivity index (χ1) is 8.04. The maximum atomic E-state index is 9.88. The molecule has 0 saturated heterocycles. The topological polar surface area (TPSA) is 41.5 Å². The summed E-state index contributed by atoms with van der Waals surface area (Å²) in [5.41, 5.74) is 2.00. The largest absolute Gasteiger partial charge is 0.508 e. The molecule has 3 heteroatoms. The zero-order valence-electron chi connectivity index (χ0n) is 11.2. The van der Waals surface area contributed by atoms with Gasteiger partial charge in [0.15, 0.2) is 0 Å². The zero-order chi connectivity index (χ0) is 12.8. The molecule has 0 aliphatic rings. The lowest BCUT2D eigenvalue weighted by Crippen LogP contribution is -2.32. The minimum absolute atomic E-state index is 0.117. The second-order valence-electron chi connectivity index (χ2n) is 4.51. The van der Waals surface area contributed by atoms with Crippen molar-refractivity contribution in [2.45, 2.75) is 39.8 Å². The Morgan fingerprint density at radius 3 is 2.65 bits per heavy atom. The fourth-order valence-electron chi connectivity index (χ4n) is 1.88. The van der Waals surface area contributed by atoms with Crippen molar-refractivity contribution in [2.24, 2.45) is 0 Å². The molecule has 0 aliphatic heterocycles. The van der Waals surface area contributed by atoms with E-state index in [1.807, 2.05) is 32.9 Å². The number of hydrogen-bond acceptors (Lipinski definition) is 3. The molecule has 0 aliphatic carbocycles. The lowest BCUT2D eigenvalue weighted by Gasteiger charge is -2.21. The third-order valence-corrected chi connectivity index (χ3v) is 2.76. The Morgan fingerprint density at radius 2 is 2.06 bits per heavy atom. The van der Waals surface area contributed by atoms with Crippen LogP contribution in [0.15, 0.2) is 18.2 Å². The first-order valence-electron chi connectivity index (χ1n) is 6.18. The second kappa shape index (κ2) is 6.62. The normalized spacial score (nSPS) is 14.6. The number of aromatic hydroxyl groups is 1. The van der Waals surface area contributed by atoms with Crippen LogP contribution in [0.5, 0.6) is 5.75 Å². The molecule has 2 atom stereocenters. The van der Waals surface area contributed by atoms with Gasteiger partial charge < -0.3 is 15.2 Å². The van der Waals surface area contributed by atoms with Gasteiger partial charge in [0.2, 0.25) is 0 Å². The number of ether oxygens (including phenoxy) is 1. The highest BCUT2D eigenvalue weighted by molar-refractivity contribution is 5.37. The van der Waals surface area contributed by atoms with Crippen LogP contribution >= 0.6 is 0 Å². The molecule has 1 rings (SSSR count). The van der Waals surface area contributed by atoms with Crippen molar-refractivity contribution in [3.63, 3.8) is 0 Å². The molecule has 0 saturated carbocycles. The third kappa shape index (κ3) is 4.36. The van der Waals surface area contributed by atoms with E-state index in [9.17, 15) is 5.11 Å². The molecule has 0 fully saturated rings. The van der Waals surface area contributed by atoms with Gasteiger partial charge in [0.25, 0.3) is 0 Å². The molecule has 0 amide bonds. The SMILES string of the molecule is CCOCC(C)NC(C)c1ccc(C)cc1O. The third-order valence-electron chi connectivity index (χ3n) is 2.76. The van der Waals surface area contributed by atoms with Crippen LogP contribution in [0.3, 0.4) is 0 Å². The number of phenolic OH excluding ortho intramolecular Hbond substituents is 1. The minimum atomic E-state index is 0.117. The number of rotatable bonds is 6. The minimum Gasteiger partial charge on any atom is -0.508 e. The van der Waals surface area contributed by atoms with Crippen LogP contribution in [0.2, 0.25) is 0 Å². The predicted molar refractivity (Wildman–Crippen MR) is 70.3 cm³/mol. The highest BCUT2D eigenvalue weighted by Gasteiger charge is 2.12. The summed E-state index contributed by atoms with van der Waals surface area (Å²) in [4.78, 5) is 0. The summed E-state index contributed by atoms with van der Waals surface area (Å²) in [6, 6.07) is 6.16. The van der Waals surface area contributed by atoms with Crippen molar-refractivity contribution in [3.05, 3.63) is 29.3 Å². The summed E-state index contributed by atoms with van der Waals surface area (Å²) in [5, 5.41) is 13.3. The van der Waals surface area contributed by atoms with Gasteiger partial charge >= 0.3 is 0 Å². The van der Waals surface area contributed by atoms with Gasteiger partial charge in [-0.25, -0.2) is 0 Å². The van der Waals surface area contributed by atoms with Gasteiger partial charge in [-0.15, -0.1) is 0 Å². The molecule has 0 bridgehead atoms. The average Bonchev–Trinajstić information content (AvgIpc) is 2.26. The maximum absolute atomic E-state index is 9.88. The number of nitrogens with one attached hydrogen (secondary N) is 1. The molecule has 2 unspecified atom stereocenters. The van der Waals surface area contributed by atoms with Gasteiger partial charge in [0.05, 0.1) is 6.61 Å². The van der Waals surface area contributed by atoms with Gasteiger partial charge in [-0.2, -0.15) is 0 Å². The van der Waals surface area contributed by atoms with E-state index in [1.54, 1.807) is 6.07 Å². The Kier molecular flexibility index (Phi) is 5.45. The van der Waals surface area contributed by atoms with Crippen molar-refractivity contribution in [1.82, 2.24) is 5.32 Å². The van der Waals surface area contributed by atoms with E-state index in [1.165, 1.54) is 0 Å². The highest BCUT2D eigenvalue weighted by Crippen LogP contribution is 2.25. The van der Waals surface area contributed by atoms with Crippen LogP contribution in [0, 0.1) is 6.92 Å². The molecule has 17 heavy (non-hydrogen) atoms. The molecule has 0 radical (unpaired) electrons. The number of benzene rings is 1. The molecular formula is C14H23NO2. The molecule has 0 spiro atoms. The van der Waals surface area contributed by atoms with Crippen LogP contribution in [0.25, 0.3) is 0 Å². The van der Waals surface area contributed by atoms with Gasteiger partial charge in [0.1, 0.15) is 5.75 Å². The Morgan fingerprint density at radius 1 is 1.35 bits per heavy atom. The molecule has 2 N–H and O–H groups in total. The standard InChI is InChI=1S/C14H23NO2/c1-5-17-9-11(3)15-12(4)13-7-6-10(2)8-14(13)16/h6-8,11-12,15-16H,5,9H2,1-4H3. The second-order valence-corrected chi connectivity index (χ2v) is 4.51. The van der Waals surface area contributed by atoms with E-state index in [4.69, 9.17) is 4.74 Å². The fourth-order valence-corrected chi connectivity index (χ4v) is 1.88. The van der Waals surface area contributed by atoms with Crippen LogP contribution in [-0.2, 0) is 4.74 Å². The molecular weight excluding hydrogens is 214 g/mol. The molecule has 1 aromatic carbocycles. The Balaban J connectivity index is 2.60. The van der Waals surface area contributed by atoms with Gasteiger partial charge in [-0.1, -0.05) is 12.1 Å². The van der Waals surface area contributed by atoms with E-state index >= 15 is 0 Å². The molecule has 96 valence electrons. The number of aryl methyl sites for hydroxylation is 1. The lowest BCUT2D eigenvalue weighted by atomic mass is 10.0. The van der Waals surface area contributed by atoms with Gasteiger partial charge in [-0.05, 0) is 39.3 Å². The van der Waals surface area contributed by atoms with Crippen molar-refractivity contribution in [2.75, 3.05) is 13.2 Å². The molecule has 0 heterocycles. The van der Waals surface area contributed by atoms with E-state index in [-0.39, 0.29) is 12.1 Å². The Hall–Kier alpha value is -1.06. The zero-order valence-corrected chi connectivity index (χ0v) is 11.2. The summed E-state index contributed by atoms with van der Waals surface area (Å²) < 4.78 is 5.36. The molecule has 3 nitrogen and oxygen atoms in total. The monoisotopic (exact) mass is 237 g/mol. The van der Waals surface area contributed by atoms with Crippen LogP contribution in [0.1, 0.15) is 37.9 Å². The smallest absolute Gasteiger partial charge is 0.120 e. The van der Waals surface area contributed by atoms with E-state index < -0.39 is 0 Å². The highest BCUT2D eigenvalue weighted by atomic mass is 16.5. The van der Waals surface area contributed by atoms with Gasteiger partial charge in [0, 0.05) is 24.3 Å². The van der Waals surface area contributed by atoms with Crippen molar-refractivity contribution < 1.29 is 9.84 Å². The van der Waals surface area contributed by atoms with Crippen LogP contribution in [0.4, 0.5) is 0 Å². The van der Waals surface area contributed by atoms with E-state index in [0.717, 1.165) is 17.7 Å². The van der Waals surface area contributed by atoms with E-state index in [0.29, 0.717) is 12.4 Å². The summed E-state index contributed by atoms with van der Waals surface area (Å²) >= 11 is 0. The lowest BCUT2D eigenvalue weighted by molar-refractivity contribution is 0.124. The van der Waals surface area contributed by atoms with E-state index in [2.05, 4.69) is 12.2 Å². The fraction of sp³-hybridized carbons (Fsp3) is 0.571. The van der Waals surface area contributed by atoms with Crippen LogP contribution in [-0.4, -0.2) is 24.4 Å².